The van der Waals surface area contributed by atoms with E-state index in [4.69, 9.17) is 4.84 Å². The summed E-state index contributed by atoms with van der Waals surface area (Å²) in [5.74, 6) is 0. The summed E-state index contributed by atoms with van der Waals surface area (Å²) >= 11 is 0. The number of carbonyl (C=O) groups is 1. The molecule has 0 aromatic carbocycles. The van der Waals surface area contributed by atoms with Gasteiger partial charge in [0.15, 0.2) is 0 Å². The van der Waals surface area contributed by atoms with Gasteiger partial charge < -0.3 is 4.90 Å². The first-order valence-electron chi connectivity index (χ1n) is 6.23. The van der Waals surface area contributed by atoms with Crippen molar-refractivity contribution in [3.8, 4) is 0 Å². The van der Waals surface area contributed by atoms with Crippen molar-refractivity contribution in [2.75, 3.05) is 13.2 Å². The number of urea groups is 1. The molecule has 1 aromatic rings. The minimum absolute atomic E-state index is 0.0135. The summed E-state index contributed by atoms with van der Waals surface area (Å²) in [5, 5.41) is 1.43. The fourth-order valence-electron chi connectivity index (χ4n) is 2.46. The van der Waals surface area contributed by atoms with Crippen LogP contribution < -0.4 is 0 Å². The predicted molar refractivity (Wildman–Crippen MR) is 70.0 cm³/mol. The smallest absolute Gasteiger partial charge is 0.310 e. The normalized spacial score (nSPS) is 24.9. The molecule has 19 heavy (non-hydrogen) atoms. The molecule has 0 N–H and O–H groups in total. The lowest BCUT2D eigenvalue weighted by Crippen LogP contribution is -2.34. The average molecular weight is 257 g/mol. The predicted octanol–water partition coefficient (Wildman–Crippen LogP) is 1.92. The molecule has 2 unspecified atom stereocenters. The number of hydrogen-bond donors (Lipinski definition) is 0. The first-order valence-corrected chi connectivity index (χ1v) is 6.23. The van der Waals surface area contributed by atoms with Gasteiger partial charge in [-0.25, -0.2) is 4.79 Å². The highest BCUT2D eigenvalue weighted by molar-refractivity contribution is 5.78. The van der Waals surface area contributed by atoms with Crippen molar-refractivity contribution in [2.45, 2.75) is 12.1 Å². The summed E-state index contributed by atoms with van der Waals surface area (Å²) in [5.41, 5.74) is 1.01. The molecule has 0 radical (unpaired) electrons. The molecule has 0 aliphatic carbocycles. The number of aromatic nitrogens is 1. The van der Waals surface area contributed by atoms with E-state index in [0.717, 1.165) is 5.56 Å². The highest BCUT2D eigenvalue weighted by atomic mass is 16.7. The maximum absolute atomic E-state index is 12.3. The van der Waals surface area contributed by atoms with E-state index in [0.29, 0.717) is 13.2 Å². The molecule has 2 bridgehead atoms. The lowest BCUT2D eigenvalue weighted by Gasteiger charge is -2.26. The van der Waals surface area contributed by atoms with Crippen LogP contribution in [0.2, 0.25) is 0 Å². The number of fused-ring (bicyclic) bond motifs is 2. The Morgan fingerprint density at radius 1 is 1.53 bits per heavy atom. The van der Waals surface area contributed by atoms with E-state index in [-0.39, 0.29) is 18.1 Å². The van der Waals surface area contributed by atoms with E-state index in [2.05, 4.69) is 11.6 Å². The minimum atomic E-state index is -0.106. The monoisotopic (exact) mass is 257 g/mol. The van der Waals surface area contributed by atoms with Gasteiger partial charge in [0, 0.05) is 12.4 Å². The molecule has 1 aromatic heterocycles. The standard InChI is InChI=1S/C14H15N3O2/c1-2-8-19-17-12-5-6-13(16(10-12)14(17)18)11-4-3-7-15-9-11/h2-7,9,12-13H,1,8,10H2. The Morgan fingerprint density at radius 2 is 2.42 bits per heavy atom. The van der Waals surface area contributed by atoms with Crippen molar-refractivity contribution in [3.05, 3.63) is 54.9 Å². The number of pyridine rings is 1. The van der Waals surface area contributed by atoms with Crippen LogP contribution in [-0.4, -0.2) is 40.2 Å². The van der Waals surface area contributed by atoms with E-state index >= 15 is 0 Å². The van der Waals surface area contributed by atoms with Crippen LogP contribution in [0.25, 0.3) is 0 Å². The van der Waals surface area contributed by atoms with Crippen LogP contribution in [0.15, 0.2) is 49.3 Å². The number of rotatable bonds is 4. The fourth-order valence-corrected chi connectivity index (χ4v) is 2.46. The molecular formula is C14H15N3O2. The molecule has 1 fully saturated rings. The van der Waals surface area contributed by atoms with Crippen LogP contribution in [0.3, 0.4) is 0 Å². The van der Waals surface area contributed by atoms with Crippen molar-refractivity contribution in [2.24, 2.45) is 0 Å². The van der Waals surface area contributed by atoms with Crippen LogP contribution in [-0.2, 0) is 4.84 Å². The van der Waals surface area contributed by atoms with Gasteiger partial charge in [-0.15, -0.1) is 6.58 Å². The number of nitrogens with zero attached hydrogens (tertiary/aromatic N) is 3. The SMILES string of the molecule is C=CCON1C(=O)N2CC1C=CC2c1cccnc1. The van der Waals surface area contributed by atoms with Crippen molar-refractivity contribution in [3.63, 3.8) is 0 Å². The number of hydroxylamine groups is 2. The number of hydrogen-bond acceptors (Lipinski definition) is 3. The molecule has 2 amide bonds. The topological polar surface area (TPSA) is 45.7 Å². The van der Waals surface area contributed by atoms with E-state index in [1.807, 2.05) is 24.3 Å². The van der Waals surface area contributed by atoms with Gasteiger partial charge in [-0.2, -0.15) is 5.06 Å². The summed E-state index contributed by atoms with van der Waals surface area (Å²) in [7, 11) is 0. The molecule has 98 valence electrons. The molecule has 5 heteroatoms. The first kappa shape index (κ1) is 11.9. The molecular weight excluding hydrogens is 242 g/mol. The lowest BCUT2D eigenvalue weighted by atomic mass is 10.0. The maximum atomic E-state index is 12.3. The van der Waals surface area contributed by atoms with E-state index in [9.17, 15) is 4.79 Å². The van der Waals surface area contributed by atoms with Gasteiger partial charge in [0.25, 0.3) is 0 Å². The molecule has 3 heterocycles. The second-order valence-electron chi connectivity index (χ2n) is 4.53. The molecule has 2 aliphatic heterocycles. The second kappa shape index (κ2) is 4.85. The largest absolute Gasteiger partial charge is 0.345 e. The number of amides is 2. The van der Waals surface area contributed by atoms with Crippen LogP contribution in [0.5, 0.6) is 0 Å². The van der Waals surface area contributed by atoms with Gasteiger partial charge in [-0.05, 0) is 11.6 Å². The lowest BCUT2D eigenvalue weighted by molar-refractivity contribution is -0.107. The Hall–Kier alpha value is -2.14. The molecule has 0 saturated carbocycles. The summed E-state index contributed by atoms with van der Waals surface area (Å²) in [4.78, 5) is 23.6. The maximum Gasteiger partial charge on any atom is 0.345 e. The zero-order chi connectivity index (χ0) is 13.2. The zero-order valence-electron chi connectivity index (χ0n) is 10.5. The van der Waals surface area contributed by atoms with Crippen LogP contribution in [0.4, 0.5) is 4.79 Å². The fraction of sp³-hybridized carbons (Fsp3) is 0.286. The van der Waals surface area contributed by atoms with Gasteiger partial charge in [0.05, 0.1) is 25.2 Å². The van der Waals surface area contributed by atoms with Crippen molar-refractivity contribution in [1.82, 2.24) is 14.9 Å². The van der Waals surface area contributed by atoms with Gasteiger partial charge in [-0.1, -0.05) is 24.3 Å². The summed E-state index contributed by atoms with van der Waals surface area (Å²) in [6.45, 7) is 4.57. The Morgan fingerprint density at radius 3 is 3.16 bits per heavy atom. The molecule has 3 rings (SSSR count). The first-order chi connectivity index (χ1) is 9.31. The molecule has 2 atom stereocenters. The van der Waals surface area contributed by atoms with Crippen molar-refractivity contribution in [1.29, 1.82) is 0 Å². The number of carbonyl (C=O) groups excluding carboxylic acids is 1. The summed E-state index contributed by atoms with van der Waals surface area (Å²) in [6.07, 6.45) is 9.19. The minimum Gasteiger partial charge on any atom is -0.310 e. The molecule has 5 nitrogen and oxygen atoms in total. The van der Waals surface area contributed by atoms with Crippen LogP contribution in [0.1, 0.15) is 11.6 Å². The van der Waals surface area contributed by atoms with Gasteiger partial charge >= 0.3 is 6.03 Å². The van der Waals surface area contributed by atoms with E-state index in [1.54, 1.807) is 23.4 Å². The highest BCUT2D eigenvalue weighted by Crippen LogP contribution is 2.33. The van der Waals surface area contributed by atoms with Gasteiger partial charge in [-0.3, -0.25) is 9.82 Å². The van der Waals surface area contributed by atoms with Gasteiger partial charge in [0.1, 0.15) is 0 Å². The molecule has 1 saturated heterocycles. The highest BCUT2D eigenvalue weighted by Gasteiger charge is 2.43. The summed E-state index contributed by atoms with van der Waals surface area (Å²) < 4.78 is 0. The Balaban J connectivity index is 1.83. The third-order valence-corrected chi connectivity index (χ3v) is 3.33. The average Bonchev–Trinajstić information content (AvgIpc) is 2.70. The third kappa shape index (κ3) is 2.02. The Kier molecular flexibility index (Phi) is 3.05. The Labute approximate surface area is 111 Å². The van der Waals surface area contributed by atoms with Crippen LogP contribution >= 0.6 is 0 Å². The Bertz CT molecular complexity index is 515. The molecule has 0 spiro atoms. The van der Waals surface area contributed by atoms with Gasteiger partial charge in [0.2, 0.25) is 0 Å². The second-order valence-corrected chi connectivity index (χ2v) is 4.53. The summed E-state index contributed by atoms with van der Waals surface area (Å²) in [6, 6.07) is 3.67. The van der Waals surface area contributed by atoms with Crippen molar-refractivity contribution >= 4 is 6.03 Å². The quantitative estimate of drug-likeness (QED) is 0.774. The van der Waals surface area contributed by atoms with E-state index in [1.165, 1.54) is 5.06 Å². The van der Waals surface area contributed by atoms with Crippen LogP contribution in [0, 0.1) is 0 Å². The zero-order valence-corrected chi connectivity index (χ0v) is 10.5. The third-order valence-electron chi connectivity index (χ3n) is 3.33. The molecule has 2 aliphatic rings. The van der Waals surface area contributed by atoms with E-state index < -0.39 is 0 Å². The van der Waals surface area contributed by atoms with Crippen molar-refractivity contribution < 1.29 is 9.63 Å².